The Morgan fingerprint density at radius 1 is 1.13 bits per heavy atom. The second-order valence-electron chi connectivity index (χ2n) is 7.90. The third-order valence-corrected chi connectivity index (χ3v) is 5.70. The van der Waals surface area contributed by atoms with Gasteiger partial charge >= 0.3 is 0 Å². The zero-order valence-corrected chi connectivity index (χ0v) is 17.6. The van der Waals surface area contributed by atoms with E-state index < -0.39 is 0 Å². The summed E-state index contributed by atoms with van der Waals surface area (Å²) >= 11 is 0. The molecule has 3 aromatic rings. The van der Waals surface area contributed by atoms with E-state index in [0.717, 1.165) is 61.9 Å². The number of unbranched alkanes of at least 4 members (excludes halogenated alkanes) is 2. The number of carbonyl (C=O) groups is 2. The Kier molecular flexibility index (Phi) is 6.86. The Hall–Kier alpha value is -3.29. The molecule has 0 saturated carbocycles. The number of hydrogen-bond donors (Lipinski definition) is 2. The van der Waals surface area contributed by atoms with E-state index in [9.17, 15) is 9.59 Å². The Balaban J connectivity index is 1.23. The number of benzene rings is 1. The quantitative estimate of drug-likeness (QED) is 0.544. The number of fused-ring (bicyclic) bond motifs is 1. The molecule has 1 unspecified atom stereocenters. The Bertz CT molecular complexity index is 986. The predicted molar refractivity (Wildman–Crippen MR) is 117 cm³/mol. The number of likely N-dealkylation sites (tertiary alicyclic amines) is 1. The summed E-state index contributed by atoms with van der Waals surface area (Å²) in [6.45, 7) is 1.35. The molecular formula is C23H28N6O2. The van der Waals surface area contributed by atoms with E-state index in [0.29, 0.717) is 18.7 Å². The predicted octanol–water partition coefficient (Wildman–Crippen LogP) is 3.40. The van der Waals surface area contributed by atoms with Crippen LogP contribution in [0.5, 0.6) is 0 Å². The van der Waals surface area contributed by atoms with Crippen molar-refractivity contribution in [3.63, 3.8) is 0 Å². The van der Waals surface area contributed by atoms with Crippen molar-refractivity contribution in [2.45, 2.75) is 51.0 Å². The normalized spacial score (nSPS) is 16.4. The minimum Gasteiger partial charge on any atom is -0.351 e. The number of nitrogens with one attached hydrogen (secondary N) is 2. The van der Waals surface area contributed by atoms with E-state index in [1.54, 1.807) is 0 Å². The third kappa shape index (κ3) is 5.25. The maximum Gasteiger partial charge on any atom is 0.271 e. The molecule has 1 atom stereocenters. The van der Waals surface area contributed by atoms with Crippen molar-refractivity contribution in [3.05, 3.63) is 54.4 Å². The van der Waals surface area contributed by atoms with E-state index in [-0.39, 0.29) is 17.9 Å². The molecule has 2 amide bonds. The highest BCUT2D eigenvalue weighted by Gasteiger charge is 2.29. The molecule has 1 aromatic carbocycles. The molecule has 8 nitrogen and oxygen atoms in total. The lowest BCUT2D eigenvalue weighted by molar-refractivity contribution is -0.135. The van der Waals surface area contributed by atoms with Crippen LogP contribution in [0.3, 0.4) is 0 Å². The fourth-order valence-corrected chi connectivity index (χ4v) is 4.08. The molecule has 1 fully saturated rings. The highest BCUT2D eigenvalue weighted by molar-refractivity contribution is 5.91. The first kappa shape index (κ1) is 21.0. The minimum absolute atomic E-state index is 0.0277. The van der Waals surface area contributed by atoms with Crippen molar-refractivity contribution in [1.82, 2.24) is 30.2 Å². The van der Waals surface area contributed by atoms with Gasteiger partial charge in [0.25, 0.3) is 5.91 Å². The second kappa shape index (κ2) is 10.1. The van der Waals surface area contributed by atoms with Crippen molar-refractivity contribution in [1.29, 1.82) is 0 Å². The molecule has 4 rings (SSSR count). The number of piperidine rings is 1. The summed E-state index contributed by atoms with van der Waals surface area (Å²) in [5.74, 6) is 0.862. The largest absolute Gasteiger partial charge is 0.351 e. The summed E-state index contributed by atoms with van der Waals surface area (Å²) in [7, 11) is 0. The molecule has 8 heteroatoms. The fourth-order valence-electron chi connectivity index (χ4n) is 4.08. The van der Waals surface area contributed by atoms with Crippen LogP contribution in [0.1, 0.15) is 67.3 Å². The SMILES string of the molecule is O=C(NCCCCCC(=O)N1CCCCC1c1nc2ccccc2[nH]1)c1cnccn1. The molecule has 31 heavy (non-hydrogen) atoms. The second-order valence-corrected chi connectivity index (χ2v) is 7.90. The summed E-state index contributed by atoms with van der Waals surface area (Å²) in [4.78, 5) is 42.9. The fraction of sp³-hybridized carbons (Fsp3) is 0.435. The number of nitrogens with zero attached hydrogens (tertiary/aromatic N) is 4. The molecule has 0 aliphatic carbocycles. The molecule has 2 N–H and O–H groups in total. The standard InChI is InChI=1S/C23H28N6O2/c30-21(11-2-1-6-12-26-23(31)19-16-24-13-14-25-19)29-15-7-5-10-20(29)22-27-17-8-3-4-9-18(17)28-22/h3-4,8-9,13-14,16,20H,1-2,5-7,10-12,15H2,(H,26,31)(H,27,28). The number of aromatic amines is 1. The molecule has 162 valence electrons. The molecule has 1 saturated heterocycles. The van der Waals surface area contributed by atoms with Crippen LogP contribution < -0.4 is 5.32 Å². The number of carbonyl (C=O) groups excluding carboxylic acids is 2. The van der Waals surface area contributed by atoms with Crippen molar-refractivity contribution in [2.24, 2.45) is 0 Å². The maximum atomic E-state index is 12.9. The Morgan fingerprint density at radius 2 is 2.03 bits per heavy atom. The summed E-state index contributed by atoms with van der Waals surface area (Å²) in [5, 5.41) is 2.84. The maximum absolute atomic E-state index is 12.9. The number of hydrogen-bond acceptors (Lipinski definition) is 5. The van der Waals surface area contributed by atoms with Crippen molar-refractivity contribution in [2.75, 3.05) is 13.1 Å². The molecule has 0 radical (unpaired) electrons. The Morgan fingerprint density at radius 3 is 2.87 bits per heavy atom. The van der Waals surface area contributed by atoms with E-state index >= 15 is 0 Å². The van der Waals surface area contributed by atoms with Gasteiger partial charge in [-0.15, -0.1) is 0 Å². The van der Waals surface area contributed by atoms with Gasteiger partial charge in [0, 0.05) is 31.9 Å². The first-order chi connectivity index (χ1) is 15.2. The van der Waals surface area contributed by atoms with Crippen molar-refractivity contribution in [3.8, 4) is 0 Å². The molecule has 1 aliphatic rings. The van der Waals surface area contributed by atoms with E-state index in [1.165, 1.54) is 18.6 Å². The zero-order valence-electron chi connectivity index (χ0n) is 17.6. The van der Waals surface area contributed by atoms with Crippen molar-refractivity contribution < 1.29 is 9.59 Å². The zero-order chi connectivity index (χ0) is 21.5. The minimum atomic E-state index is -0.217. The van der Waals surface area contributed by atoms with Crippen molar-refractivity contribution >= 4 is 22.8 Å². The van der Waals surface area contributed by atoms with Gasteiger partial charge in [-0.3, -0.25) is 14.6 Å². The highest BCUT2D eigenvalue weighted by atomic mass is 16.2. The summed E-state index contributed by atoms with van der Waals surface area (Å²) in [5.41, 5.74) is 2.28. The van der Waals surface area contributed by atoms with E-state index in [1.807, 2.05) is 29.2 Å². The lowest BCUT2D eigenvalue weighted by Gasteiger charge is -2.34. The van der Waals surface area contributed by atoms with Crippen LogP contribution >= 0.6 is 0 Å². The van der Waals surface area contributed by atoms with Gasteiger partial charge in [0.2, 0.25) is 5.91 Å². The average molecular weight is 421 g/mol. The van der Waals surface area contributed by atoms with Gasteiger partial charge in [-0.1, -0.05) is 18.6 Å². The van der Waals surface area contributed by atoms with Crippen LogP contribution in [0.25, 0.3) is 11.0 Å². The molecule has 0 bridgehead atoms. The molecule has 1 aliphatic heterocycles. The lowest BCUT2D eigenvalue weighted by Crippen LogP contribution is -2.38. The van der Waals surface area contributed by atoms with Gasteiger partial charge in [0.05, 0.1) is 23.3 Å². The topological polar surface area (TPSA) is 104 Å². The summed E-state index contributed by atoms with van der Waals surface area (Å²) in [6.07, 6.45) is 10.6. The molecule has 0 spiro atoms. The number of imidazole rings is 1. The van der Waals surface area contributed by atoms with Crippen LogP contribution in [-0.2, 0) is 4.79 Å². The van der Waals surface area contributed by atoms with Gasteiger partial charge in [0.15, 0.2) is 0 Å². The van der Waals surface area contributed by atoms with Crippen LogP contribution in [0, 0.1) is 0 Å². The van der Waals surface area contributed by atoms with E-state index in [2.05, 4.69) is 20.3 Å². The Labute approximate surface area is 181 Å². The molecule has 2 aromatic heterocycles. The number of amides is 2. The molecule has 3 heterocycles. The van der Waals surface area contributed by atoms with Crippen LogP contribution in [0.4, 0.5) is 0 Å². The first-order valence-electron chi connectivity index (χ1n) is 11.0. The monoisotopic (exact) mass is 420 g/mol. The van der Waals surface area contributed by atoms with Crippen LogP contribution in [0.2, 0.25) is 0 Å². The number of aromatic nitrogens is 4. The molecular weight excluding hydrogens is 392 g/mol. The average Bonchev–Trinajstić information content (AvgIpc) is 3.26. The van der Waals surface area contributed by atoms with Gasteiger partial charge in [-0.2, -0.15) is 0 Å². The van der Waals surface area contributed by atoms with Gasteiger partial charge in [-0.05, 0) is 44.2 Å². The van der Waals surface area contributed by atoms with Gasteiger partial charge in [0.1, 0.15) is 11.5 Å². The van der Waals surface area contributed by atoms with Crippen LogP contribution in [-0.4, -0.2) is 49.7 Å². The number of rotatable bonds is 8. The summed E-state index contributed by atoms with van der Waals surface area (Å²) in [6, 6.07) is 8.01. The smallest absolute Gasteiger partial charge is 0.271 e. The van der Waals surface area contributed by atoms with Gasteiger partial charge in [-0.25, -0.2) is 9.97 Å². The lowest BCUT2D eigenvalue weighted by atomic mass is 10.0. The number of para-hydroxylation sites is 2. The third-order valence-electron chi connectivity index (χ3n) is 5.70. The number of H-pyrrole nitrogens is 1. The van der Waals surface area contributed by atoms with Gasteiger partial charge < -0.3 is 15.2 Å². The summed E-state index contributed by atoms with van der Waals surface area (Å²) < 4.78 is 0. The van der Waals surface area contributed by atoms with E-state index in [4.69, 9.17) is 4.98 Å². The highest BCUT2D eigenvalue weighted by Crippen LogP contribution is 2.31. The van der Waals surface area contributed by atoms with Crippen LogP contribution in [0.15, 0.2) is 42.9 Å². The first-order valence-corrected chi connectivity index (χ1v) is 11.0.